The van der Waals surface area contributed by atoms with Gasteiger partial charge in [-0.05, 0) is 119 Å². The quantitative estimate of drug-likeness (QED) is 0.0910. The second-order valence-corrected chi connectivity index (χ2v) is 26.7. The SMILES string of the molecule is CCC(C)(C)C(=O)OC.CCC(C)(C)C(=O)OC1C2CC3C(=O)OC1C3C2.CCC(C)(C)C(=O)OCC1COC(=O)O1.CCC(C)C(=O)OC.CCC(C)C(=O)OC1C2CC3C(=O)OC1C3C2.CCC(C)C(=O)OCC1COC(=O)O1.O=C1CCCO1.O=C1CCCO1. The number of hydrogen-bond donors (Lipinski definition) is 0. The minimum atomic E-state index is -0.703. The van der Waals surface area contributed by atoms with Crippen LogP contribution in [0.25, 0.3) is 0 Å². The molecule has 6 saturated heterocycles. The molecule has 26 nitrogen and oxygen atoms in total. The van der Waals surface area contributed by atoms with Gasteiger partial charge in [-0.2, -0.15) is 0 Å². The van der Waals surface area contributed by atoms with E-state index in [9.17, 15) is 57.5 Å². The highest BCUT2D eigenvalue weighted by molar-refractivity contribution is 5.80. The summed E-state index contributed by atoms with van der Waals surface area (Å²) in [4.78, 5) is 132. The van der Waals surface area contributed by atoms with Gasteiger partial charge in [-0.1, -0.05) is 62.3 Å². The third-order valence-corrected chi connectivity index (χ3v) is 18.8. The van der Waals surface area contributed by atoms with Crippen molar-refractivity contribution in [2.24, 2.45) is 69.5 Å². The minimum absolute atomic E-state index is 0.0463. The molecule has 15 atom stereocenters. The number of hydrogen-bond acceptors (Lipinski definition) is 26. The number of esters is 10. The average molecular weight is 1330 g/mol. The Balaban J connectivity index is 0.000000285. The van der Waals surface area contributed by atoms with E-state index in [2.05, 4.69) is 33.2 Å². The van der Waals surface area contributed by atoms with Gasteiger partial charge in [0.2, 0.25) is 0 Å². The van der Waals surface area contributed by atoms with Gasteiger partial charge in [0.25, 0.3) is 0 Å². The maximum absolute atomic E-state index is 12.1. The predicted molar refractivity (Wildman–Crippen MR) is 328 cm³/mol. The van der Waals surface area contributed by atoms with Crippen LogP contribution >= 0.6 is 0 Å². The molecule has 0 N–H and O–H groups in total. The molecular formula is C67H106O26. The van der Waals surface area contributed by atoms with Crippen LogP contribution in [0.2, 0.25) is 0 Å². The topological polar surface area (TPSA) is 334 Å². The van der Waals surface area contributed by atoms with Crippen LogP contribution in [-0.2, 0) is 114 Å². The fourth-order valence-corrected chi connectivity index (χ4v) is 10.6. The van der Waals surface area contributed by atoms with E-state index in [-0.39, 0.29) is 146 Å². The van der Waals surface area contributed by atoms with Crippen molar-refractivity contribution in [2.45, 2.75) is 230 Å². The van der Waals surface area contributed by atoms with E-state index >= 15 is 0 Å². The molecule has 93 heavy (non-hydrogen) atoms. The fourth-order valence-electron chi connectivity index (χ4n) is 10.6. The van der Waals surface area contributed by atoms with Crippen LogP contribution in [0.3, 0.4) is 0 Å². The average Bonchev–Trinajstić information content (AvgIpc) is 1.59. The molecule has 0 amide bonds. The van der Waals surface area contributed by atoms with Crippen molar-refractivity contribution in [3.63, 3.8) is 0 Å². The van der Waals surface area contributed by atoms with Crippen molar-refractivity contribution >= 4 is 72.0 Å². The zero-order valence-corrected chi connectivity index (χ0v) is 57.9. The summed E-state index contributed by atoms with van der Waals surface area (Å²) >= 11 is 0. The second-order valence-electron chi connectivity index (χ2n) is 26.7. The summed E-state index contributed by atoms with van der Waals surface area (Å²) in [7, 11) is 2.83. The molecule has 4 saturated carbocycles. The highest BCUT2D eigenvalue weighted by atomic mass is 16.8. The second kappa shape index (κ2) is 38.0. The fraction of sp³-hybridized carbons (Fsp3) is 0.821. The van der Waals surface area contributed by atoms with E-state index in [1.807, 2.05) is 96.9 Å². The molecule has 0 aromatic rings. The van der Waals surface area contributed by atoms with Gasteiger partial charge in [-0.25, -0.2) is 9.59 Å². The molecule has 4 aliphatic carbocycles. The Morgan fingerprint density at radius 2 is 0.849 bits per heavy atom. The van der Waals surface area contributed by atoms with Crippen LogP contribution in [0.15, 0.2) is 0 Å². The molecule has 0 spiro atoms. The first kappa shape index (κ1) is 80.5. The molecule has 10 fully saturated rings. The van der Waals surface area contributed by atoms with Crippen molar-refractivity contribution in [3.8, 4) is 0 Å². The van der Waals surface area contributed by atoms with Gasteiger partial charge in [0.1, 0.15) is 50.8 Å². The Morgan fingerprint density at radius 3 is 1.17 bits per heavy atom. The van der Waals surface area contributed by atoms with Gasteiger partial charge in [-0.3, -0.25) is 47.9 Å². The van der Waals surface area contributed by atoms with Crippen LogP contribution in [0.5, 0.6) is 0 Å². The molecule has 0 radical (unpaired) electrons. The third-order valence-electron chi connectivity index (χ3n) is 18.8. The number of methoxy groups -OCH3 is 2. The van der Waals surface area contributed by atoms with Gasteiger partial charge >= 0.3 is 72.0 Å². The van der Waals surface area contributed by atoms with Gasteiger partial charge in [0.15, 0.2) is 12.2 Å². The van der Waals surface area contributed by atoms with Crippen molar-refractivity contribution < 1.29 is 124 Å². The summed E-state index contributed by atoms with van der Waals surface area (Å²) in [6.45, 7) is 30.1. The Bertz CT molecular complexity index is 2480. The van der Waals surface area contributed by atoms with Crippen LogP contribution in [-0.4, -0.2) is 162 Å². The summed E-state index contributed by atoms with van der Waals surface area (Å²) in [6.07, 6.45) is 8.36. The van der Waals surface area contributed by atoms with Gasteiger partial charge in [0.05, 0.1) is 73.3 Å². The van der Waals surface area contributed by atoms with Gasteiger partial charge in [0, 0.05) is 36.5 Å². The maximum atomic E-state index is 12.1. The molecule has 6 heterocycles. The van der Waals surface area contributed by atoms with Crippen LogP contribution in [0, 0.1) is 69.5 Å². The van der Waals surface area contributed by atoms with E-state index in [1.165, 1.54) is 14.2 Å². The summed E-state index contributed by atoms with van der Waals surface area (Å²) < 4.78 is 68.5. The van der Waals surface area contributed by atoms with Crippen molar-refractivity contribution in [1.82, 2.24) is 0 Å². The van der Waals surface area contributed by atoms with E-state index < -0.39 is 35.3 Å². The zero-order valence-electron chi connectivity index (χ0n) is 57.9. The summed E-state index contributed by atoms with van der Waals surface area (Å²) in [6, 6.07) is 0. The molecular weight excluding hydrogens is 1220 g/mol. The number of carbonyl (C=O) groups excluding carboxylic acids is 12. The molecule has 10 aliphatic rings. The number of ether oxygens (including phenoxy) is 14. The van der Waals surface area contributed by atoms with Crippen LogP contribution < -0.4 is 0 Å². The normalized spacial score (nSPS) is 27.5. The van der Waals surface area contributed by atoms with E-state index in [0.29, 0.717) is 56.1 Å². The van der Waals surface area contributed by atoms with Crippen LogP contribution in [0.1, 0.15) is 194 Å². The van der Waals surface area contributed by atoms with Crippen molar-refractivity contribution in [3.05, 3.63) is 0 Å². The first-order chi connectivity index (χ1) is 43.7. The molecule has 10 rings (SSSR count). The Kier molecular flexibility index (Phi) is 32.8. The van der Waals surface area contributed by atoms with E-state index in [0.717, 1.165) is 70.6 Å². The van der Waals surface area contributed by atoms with Gasteiger partial charge < -0.3 is 66.3 Å². The smallest absolute Gasteiger partial charge is 0.469 e. The molecule has 26 heteroatoms. The Morgan fingerprint density at radius 1 is 0.462 bits per heavy atom. The lowest BCUT2D eigenvalue weighted by molar-refractivity contribution is -0.170. The highest BCUT2D eigenvalue weighted by Gasteiger charge is 2.64. The monoisotopic (exact) mass is 1330 g/mol. The first-order valence-corrected chi connectivity index (χ1v) is 33.0. The predicted octanol–water partition coefficient (Wildman–Crippen LogP) is 9.50. The summed E-state index contributed by atoms with van der Waals surface area (Å²) in [5, 5.41) is 0. The standard InChI is InChI=1S/C14H20O4.C13H18O4.C10H16O5.C9H14O5.C7H14O2.C6H12O2.2C4H6O2/c1-4-14(2,3)13(16)18-10-7-5-8-9(6-7)12(15)17-11(8)10;1-3-6(2)12(14)16-10-7-4-8-9(5-7)13(15)17-11(8)10;1-4-10(2,3)8(11)13-5-7-6-14-9(12)15-7;1-3-6(2)8(10)12-4-7-5-13-9(11)14-7;1-5-7(2,3)6(8)9-4;1-4-5(2)6(7)8-3;2*5-4-2-1-3-6-4/h7-11H,4-6H2,1-3H3;6-11H,3-5H2,1-2H3;7H,4-6H2,1-3H3;6-7H,3-5H2,1-2H3;5H2,1-4H3;5H,4H2,1-3H3;2*1-3H2. The third kappa shape index (κ3) is 24.2. The number of fused-ring (bicyclic) bond motifs is 2. The van der Waals surface area contributed by atoms with Crippen molar-refractivity contribution in [2.75, 3.05) is 53.9 Å². The lowest BCUT2D eigenvalue weighted by atomic mass is 9.87. The molecule has 0 aromatic carbocycles. The number of cyclic esters (lactones) is 6. The molecule has 15 unspecified atom stereocenters. The minimum Gasteiger partial charge on any atom is -0.469 e. The Labute approximate surface area is 547 Å². The number of rotatable bonds is 18. The van der Waals surface area contributed by atoms with E-state index in [4.69, 9.17) is 33.2 Å². The Hall–Kier alpha value is -6.76. The largest absolute Gasteiger partial charge is 0.508 e. The molecule has 6 aliphatic heterocycles. The lowest BCUT2D eigenvalue weighted by Crippen LogP contribution is -2.39. The van der Waals surface area contributed by atoms with E-state index in [1.54, 1.807) is 6.92 Å². The van der Waals surface area contributed by atoms with Gasteiger partial charge in [-0.15, -0.1) is 0 Å². The maximum Gasteiger partial charge on any atom is 0.508 e. The lowest BCUT2D eigenvalue weighted by Gasteiger charge is -2.29. The highest BCUT2D eigenvalue weighted by Crippen LogP contribution is 2.57. The van der Waals surface area contributed by atoms with Crippen molar-refractivity contribution in [1.29, 1.82) is 0 Å². The molecule has 530 valence electrons. The zero-order chi connectivity index (χ0) is 70.1. The molecule has 4 bridgehead atoms. The summed E-state index contributed by atoms with van der Waals surface area (Å²) in [5.74, 6) is -0.0644. The molecule has 0 aromatic heterocycles. The first-order valence-electron chi connectivity index (χ1n) is 33.0. The van der Waals surface area contributed by atoms with Crippen LogP contribution in [0.4, 0.5) is 9.59 Å². The number of carbonyl (C=O) groups is 12. The summed E-state index contributed by atoms with van der Waals surface area (Å²) in [5.41, 5.74) is -1.26.